The quantitative estimate of drug-likeness (QED) is 0.791. The van der Waals surface area contributed by atoms with Crippen molar-refractivity contribution in [1.82, 2.24) is 5.32 Å². The molecule has 1 saturated carbocycles. The van der Waals surface area contributed by atoms with Gasteiger partial charge < -0.3 is 14.8 Å². The number of hydrogen-bond acceptors (Lipinski definition) is 3. The second kappa shape index (κ2) is 7.10. The van der Waals surface area contributed by atoms with Crippen molar-refractivity contribution in [2.24, 2.45) is 0 Å². The predicted octanol–water partition coefficient (Wildman–Crippen LogP) is 3.45. The summed E-state index contributed by atoms with van der Waals surface area (Å²) in [6.07, 6.45) is 2.52. The number of halogens is 2. The van der Waals surface area contributed by atoms with Crippen molar-refractivity contribution in [2.75, 3.05) is 19.9 Å². The van der Waals surface area contributed by atoms with E-state index in [4.69, 9.17) is 9.47 Å². The highest BCUT2D eigenvalue weighted by Gasteiger charge is 2.20. The first-order valence-corrected chi connectivity index (χ1v) is 7.41. The molecule has 1 aliphatic rings. The maximum Gasteiger partial charge on any atom is 0.175 e. The van der Waals surface area contributed by atoms with Crippen molar-refractivity contribution in [3.8, 4) is 11.5 Å². The molecule has 0 saturated heterocycles. The molecule has 19 heavy (non-hydrogen) atoms. The lowest BCUT2D eigenvalue weighted by atomic mass is 10.2. The fourth-order valence-corrected chi connectivity index (χ4v) is 2.42. The van der Waals surface area contributed by atoms with Crippen molar-refractivity contribution in [3.63, 3.8) is 0 Å². The molecule has 1 aromatic carbocycles. The predicted molar refractivity (Wildman–Crippen MR) is 76.6 cm³/mol. The Morgan fingerprint density at radius 3 is 2.79 bits per heavy atom. The summed E-state index contributed by atoms with van der Waals surface area (Å²) in [4.78, 5) is 0. The molecule has 1 aromatic rings. The zero-order chi connectivity index (χ0) is 13.7. The topological polar surface area (TPSA) is 30.5 Å². The van der Waals surface area contributed by atoms with E-state index in [1.807, 2.05) is 19.1 Å². The zero-order valence-corrected chi connectivity index (χ0v) is 12.6. The van der Waals surface area contributed by atoms with Crippen LogP contribution in [0, 0.1) is 0 Å². The van der Waals surface area contributed by atoms with Gasteiger partial charge in [0.05, 0.1) is 11.1 Å². The van der Waals surface area contributed by atoms with Gasteiger partial charge in [0.15, 0.2) is 11.5 Å². The van der Waals surface area contributed by atoms with Gasteiger partial charge in [-0.2, -0.15) is 0 Å². The maximum absolute atomic E-state index is 12.2. The lowest BCUT2D eigenvalue weighted by molar-refractivity contribution is 0.250. The van der Waals surface area contributed by atoms with E-state index in [1.54, 1.807) is 0 Å². The van der Waals surface area contributed by atoms with E-state index in [2.05, 4.69) is 21.2 Å². The van der Waals surface area contributed by atoms with Crippen LogP contribution in [0.4, 0.5) is 4.39 Å². The number of benzene rings is 1. The van der Waals surface area contributed by atoms with Crippen LogP contribution in [0.1, 0.15) is 25.3 Å². The smallest absolute Gasteiger partial charge is 0.175 e. The highest BCUT2D eigenvalue weighted by Crippen LogP contribution is 2.37. The van der Waals surface area contributed by atoms with Gasteiger partial charge in [0.2, 0.25) is 0 Å². The zero-order valence-electron chi connectivity index (χ0n) is 11.0. The third-order valence-electron chi connectivity index (χ3n) is 2.86. The molecule has 0 radical (unpaired) electrons. The van der Waals surface area contributed by atoms with E-state index in [9.17, 15) is 4.39 Å². The van der Waals surface area contributed by atoms with E-state index in [1.165, 1.54) is 12.8 Å². The van der Waals surface area contributed by atoms with Crippen LogP contribution in [-0.4, -0.2) is 25.9 Å². The fourth-order valence-electron chi connectivity index (χ4n) is 1.82. The van der Waals surface area contributed by atoms with Gasteiger partial charge in [0, 0.05) is 12.6 Å². The molecule has 1 N–H and O–H groups in total. The van der Waals surface area contributed by atoms with Crippen LogP contribution in [0.3, 0.4) is 0 Å². The third kappa shape index (κ3) is 4.35. The van der Waals surface area contributed by atoms with Crippen LogP contribution in [0.25, 0.3) is 0 Å². The molecule has 0 spiro atoms. The van der Waals surface area contributed by atoms with E-state index >= 15 is 0 Å². The average molecular weight is 332 g/mol. The van der Waals surface area contributed by atoms with Crippen molar-refractivity contribution in [3.05, 3.63) is 22.2 Å². The molecule has 5 heteroatoms. The Balaban J connectivity index is 2.12. The largest absolute Gasteiger partial charge is 0.490 e. The Morgan fingerprint density at radius 2 is 2.16 bits per heavy atom. The van der Waals surface area contributed by atoms with Crippen molar-refractivity contribution < 1.29 is 13.9 Å². The first kappa shape index (κ1) is 14.6. The van der Waals surface area contributed by atoms with Crippen LogP contribution >= 0.6 is 15.9 Å². The second-order valence-electron chi connectivity index (χ2n) is 4.53. The summed E-state index contributed by atoms with van der Waals surface area (Å²) in [6.45, 7) is 2.81. The lowest BCUT2D eigenvalue weighted by Gasteiger charge is -2.15. The number of ether oxygens (including phenoxy) is 2. The summed E-state index contributed by atoms with van der Waals surface area (Å²) in [5.74, 6) is 1.24. The minimum Gasteiger partial charge on any atom is -0.490 e. The Labute approximate surface area is 121 Å². The molecule has 0 aromatic heterocycles. The SMILES string of the molecule is CCOc1cc(CNC2CC2)cc(Br)c1OCCF. The Morgan fingerprint density at radius 1 is 1.37 bits per heavy atom. The van der Waals surface area contributed by atoms with Crippen LogP contribution in [0.2, 0.25) is 0 Å². The molecule has 0 amide bonds. The van der Waals surface area contributed by atoms with Crippen LogP contribution in [0.15, 0.2) is 16.6 Å². The molecule has 3 nitrogen and oxygen atoms in total. The van der Waals surface area contributed by atoms with Gasteiger partial charge in [0.25, 0.3) is 0 Å². The maximum atomic E-state index is 12.2. The summed E-state index contributed by atoms with van der Waals surface area (Å²) < 4.78 is 24.0. The summed E-state index contributed by atoms with van der Waals surface area (Å²) in [5, 5.41) is 3.45. The summed E-state index contributed by atoms with van der Waals surface area (Å²) >= 11 is 3.47. The molecular formula is C14H19BrFNO2. The van der Waals surface area contributed by atoms with E-state index in [0.29, 0.717) is 24.1 Å². The molecule has 1 fully saturated rings. The van der Waals surface area contributed by atoms with E-state index < -0.39 is 6.67 Å². The summed E-state index contributed by atoms with van der Waals surface area (Å²) in [6, 6.07) is 4.61. The molecule has 0 heterocycles. The first-order chi connectivity index (χ1) is 9.24. The Kier molecular flexibility index (Phi) is 5.45. The van der Waals surface area contributed by atoms with Crippen LogP contribution in [-0.2, 0) is 6.54 Å². The summed E-state index contributed by atoms with van der Waals surface area (Å²) in [7, 11) is 0. The Hall–Kier alpha value is -0.810. The fraction of sp³-hybridized carbons (Fsp3) is 0.571. The highest BCUT2D eigenvalue weighted by atomic mass is 79.9. The molecule has 0 aliphatic heterocycles. The summed E-state index contributed by atoms with van der Waals surface area (Å²) in [5.41, 5.74) is 1.13. The van der Waals surface area contributed by atoms with Gasteiger partial charge in [-0.3, -0.25) is 0 Å². The van der Waals surface area contributed by atoms with Crippen LogP contribution in [0.5, 0.6) is 11.5 Å². The number of alkyl halides is 1. The Bertz CT molecular complexity index is 424. The minimum absolute atomic E-state index is 0.0400. The molecule has 1 aliphatic carbocycles. The van der Waals surface area contributed by atoms with E-state index in [0.717, 1.165) is 16.6 Å². The molecule has 0 atom stereocenters. The van der Waals surface area contributed by atoms with Gasteiger partial charge in [-0.05, 0) is 53.4 Å². The van der Waals surface area contributed by atoms with E-state index in [-0.39, 0.29) is 6.61 Å². The van der Waals surface area contributed by atoms with Gasteiger partial charge in [-0.25, -0.2) is 4.39 Å². The minimum atomic E-state index is -0.511. The number of rotatable bonds is 8. The number of nitrogens with one attached hydrogen (secondary N) is 1. The second-order valence-corrected chi connectivity index (χ2v) is 5.38. The van der Waals surface area contributed by atoms with Crippen molar-refractivity contribution in [1.29, 1.82) is 0 Å². The molecular weight excluding hydrogens is 313 g/mol. The number of hydrogen-bond donors (Lipinski definition) is 1. The lowest BCUT2D eigenvalue weighted by Crippen LogP contribution is -2.15. The first-order valence-electron chi connectivity index (χ1n) is 6.62. The van der Waals surface area contributed by atoms with Crippen molar-refractivity contribution in [2.45, 2.75) is 32.4 Å². The van der Waals surface area contributed by atoms with Crippen LogP contribution < -0.4 is 14.8 Å². The third-order valence-corrected chi connectivity index (χ3v) is 3.45. The monoisotopic (exact) mass is 331 g/mol. The van der Waals surface area contributed by atoms with Gasteiger partial charge in [-0.1, -0.05) is 0 Å². The average Bonchev–Trinajstić information content (AvgIpc) is 3.20. The molecule has 0 unspecified atom stereocenters. The normalized spacial score (nSPS) is 14.5. The van der Waals surface area contributed by atoms with Crippen molar-refractivity contribution >= 4 is 15.9 Å². The van der Waals surface area contributed by atoms with Gasteiger partial charge in [0.1, 0.15) is 13.3 Å². The molecule has 106 valence electrons. The standard InChI is InChI=1S/C14H19BrFNO2/c1-2-18-13-8-10(9-17-11-3-4-11)7-12(15)14(13)19-6-5-16/h7-8,11,17H,2-6,9H2,1H3. The van der Waals surface area contributed by atoms with Gasteiger partial charge >= 0.3 is 0 Å². The molecule has 0 bridgehead atoms. The molecule has 2 rings (SSSR count). The highest BCUT2D eigenvalue weighted by molar-refractivity contribution is 9.10. The van der Waals surface area contributed by atoms with Gasteiger partial charge in [-0.15, -0.1) is 0 Å².